The number of hydrogen-bond acceptors (Lipinski definition) is 4. The first-order valence-electron chi connectivity index (χ1n) is 8.47. The molecule has 1 saturated heterocycles. The third kappa shape index (κ3) is 3.83. The molecule has 0 radical (unpaired) electrons. The Hall–Kier alpha value is -2.54. The van der Waals surface area contributed by atoms with Gasteiger partial charge in [0.1, 0.15) is 10.6 Å². The van der Waals surface area contributed by atoms with E-state index < -0.39 is 10.0 Å². The van der Waals surface area contributed by atoms with Crippen LogP contribution in [0.2, 0.25) is 0 Å². The molecule has 0 spiro atoms. The van der Waals surface area contributed by atoms with Crippen LogP contribution in [0.15, 0.2) is 47.4 Å². The van der Waals surface area contributed by atoms with E-state index in [1.165, 1.54) is 19.2 Å². The molecule has 1 N–H and O–H groups in total. The zero-order valence-corrected chi connectivity index (χ0v) is 15.7. The summed E-state index contributed by atoms with van der Waals surface area (Å²) in [7, 11) is -2.49. The molecule has 0 aliphatic carbocycles. The fraction of sp³-hybridized carbons (Fsp3) is 0.316. The Bertz CT molecular complexity index is 902. The van der Waals surface area contributed by atoms with Crippen molar-refractivity contribution in [2.24, 2.45) is 0 Å². The fourth-order valence-corrected chi connectivity index (χ4v) is 4.21. The average molecular weight is 374 g/mol. The maximum Gasteiger partial charge on any atom is 0.265 e. The topological polar surface area (TPSA) is 75.7 Å². The molecule has 6 nitrogen and oxygen atoms in total. The Kier molecular flexibility index (Phi) is 5.18. The third-order valence-corrected chi connectivity index (χ3v) is 5.80. The van der Waals surface area contributed by atoms with E-state index in [2.05, 4.69) is 4.72 Å². The molecule has 0 atom stereocenters. The van der Waals surface area contributed by atoms with Gasteiger partial charge in [-0.3, -0.25) is 9.52 Å². The molecular weight excluding hydrogens is 352 g/mol. The highest BCUT2D eigenvalue weighted by atomic mass is 32.2. The summed E-state index contributed by atoms with van der Waals surface area (Å²) in [6, 6.07) is 11.5. The normalized spacial score (nSPS) is 14.3. The predicted octanol–water partition coefficient (Wildman–Crippen LogP) is 3.04. The summed E-state index contributed by atoms with van der Waals surface area (Å²) in [4.78, 5) is 14.3. The number of amides is 1. The lowest BCUT2D eigenvalue weighted by molar-refractivity contribution is 0.0792. The zero-order chi connectivity index (χ0) is 18.7. The fourth-order valence-electron chi connectivity index (χ4n) is 2.95. The third-order valence-electron chi connectivity index (χ3n) is 4.40. The summed E-state index contributed by atoms with van der Waals surface area (Å²) in [5.41, 5.74) is 1.83. The minimum Gasteiger partial charge on any atom is -0.495 e. The number of hydrogen-bond donors (Lipinski definition) is 1. The molecule has 138 valence electrons. The predicted molar refractivity (Wildman–Crippen MR) is 100 cm³/mol. The zero-order valence-electron chi connectivity index (χ0n) is 14.9. The van der Waals surface area contributed by atoms with Gasteiger partial charge in [0.2, 0.25) is 0 Å². The van der Waals surface area contributed by atoms with Gasteiger partial charge in [-0.25, -0.2) is 8.42 Å². The molecule has 0 bridgehead atoms. The molecule has 1 aliphatic heterocycles. The quantitative estimate of drug-likeness (QED) is 0.873. The summed E-state index contributed by atoms with van der Waals surface area (Å²) in [5, 5.41) is 0. The summed E-state index contributed by atoms with van der Waals surface area (Å²) in [6.45, 7) is 3.33. The minimum atomic E-state index is -3.89. The SMILES string of the molecule is COc1ccc(C(=O)N2CCCC2)cc1S(=O)(=O)Nc1ccc(C)cc1. The molecule has 1 aliphatic rings. The van der Waals surface area contributed by atoms with Gasteiger partial charge in [0.15, 0.2) is 0 Å². The van der Waals surface area contributed by atoms with Crippen molar-refractivity contribution in [1.82, 2.24) is 4.90 Å². The number of sulfonamides is 1. The van der Waals surface area contributed by atoms with E-state index >= 15 is 0 Å². The van der Waals surface area contributed by atoms with Gasteiger partial charge in [-0.2, -0.15) is 0 Å². The highest BCUT2D eigenvalue weighted by molar-refractivity contribution is 7.92. The number of likely N-dealkylation sites (tertiary alicyclic amines) is 1. The van der Waals surface area contributed by atoms with E-state index in [0.29, 0.717) is 24.3 Å². The lowest BCUT2D eigenvalue weighted by Gasteiger charge is -2.17. The number of rotatable bonds is 5. The molecule has 1 amide bonds. The highest BCUT2D eigenvalue weighted by Gasteiger charge is 2.25. The maximum atomic E-state index is 12.8. The molecular formula is C19H22N2O4S. The standard InChI is InChI=1S/C19H22N2O4S/c1-14-5-8-16(9-6-14)20-26(23,24)18-13-15(7-10-17(18)25-2)19(22)21-11-3-4-12-21/h5-10,13,20H,3-4,11-12H2,1-2H3. The second kappa shape index (κ2) is 7.37. The number of carbonyl (C=O) groups excluding carboxylic acids is 1. The number of benzene rings is 2. The van der Waals surface area contributed by atoms with Crippen LogP contribution in [-0.2, 0) is 10.0 Å². The van der Waals surface area contributed by atoms with Gasteiger partial charge in [-0.05, 0) is 50.1 Å². The van der Waals surface area contributed by atoms with Gasteiger partial charge in [-0.15, -0.1) is 0 Å². The van der Waals surface area contributed by atoms with Crippen LogP contribution in [0.5, 0.6) is 5.75 Å². The second-order valence-corrected chi connectivity index (χ2v) is 7.99. The lowest BCUT2D eigenvalue weighted by atomic mass is 10.2. The Morgan fingerprint density at radius 1 is 1.08 bits per heavy atom. The number of methoxy groups -OCH3 is 1. The van der Waals surface area contributed by atoms with Crippen molar-refractivity contribution >= 4 is 21.6 Å². The summed E-state index contributed by atoms with van der Waals surface area (Å²) < 4.78 is 33.4. The van der Waals surface area contributed by atoms with E-state index in [9.17, 15) is 13.2 Å². The van der Waals surface area contributed by atoms with Crippen LogP contribution in [0.1, 0.15) is 28.8 Å². The first kappa shape index (κ1) is 18.3. The van der Waals surface area contributed by atoms with Gasteiger partial charge in [0, 0.05) is 24.3 Å². The molecule has 1 fully saturated rings. The van der Waals surface area contributed by atoms with Crippen LogP contribution >= 0.6 is 0 Å². The van der Waals surface area contributed by atoms with E-state index in [1.54, 1.807) is 23.1 Å². The number of carbonyl (C=O) groups is 1. The summed E-state index contributed by atoms with van der Waals surface area (Å²) in [6.07, 6.45) is 1.95. The van der Waals surface area contributed by atoms with Crippen molar-refractivity contribution in [3.63, 3.8) is 0 Å². The molecule has 3 rings (SSSR count). The molecule has 7 heteroatoms. The Morgan fingerprint density at radius 2 is 1.73 bits per heavy atom. The highest BCUT2D eigenvalue weighted by Crippen LogP contribution is 2.28. The monoisotopic (exact) mass is 374 g/mol. The minimum absolute atomic E-state index is 0.0504. The maximum absolute atomic E-state index is 12.8. The van der Waals surface area contributed by atoms with Crippen LogP contribution in [0.3, 0.4) is 0 Å². The van der Waals surface area contributed by atoms with Gasteiger partial charge in [0.25, 0.3) is 15.9 Å². The van der Waals surface area contributed by atoms with Crippen LogP contribution in [0, 0.1) is 6.92 Å². The summed E-state index contributed by atoms with van der Waals surface area (Å²) in [5.74, 6) is 0.0412. The van der Waals surface area contributed by atoms with E-state index in [-0.39, 0.29) is 16.6 Å². The Morgan fingerprint density at radius 3 is 2.35 bits per heavy atom. The Balaban J connectivity index is 1.94. The lowest BCUT2D eigenvalue weighted by Crippen LogP contribution is -2.28. The van der Waals surface area contributed by atoms with Crippen molar-refractivity contribution in [2.75, 3.05) is 24.9 Å². The van der Waals surface area contributed by atoms with Gasteiger partial charge >= 0.3 is 0 Å². The van der Waals surface area contributed by atoms with Crippen molar-refractivity contribution in [3.8, 4) is 5.75 Å². The van der Waals surface area contributed by atoms with Crippen molar-refractivity contribution in [1.29, 1.82) is 0 Å². The second-order valence-electron chi connectivity index (χ2n) is 6.34. The van der Waals surface area contributed by atoms with Crippen molar-refractivity contribution in [3.05, 3.63) is 53.6 Å². The molecule has 26 heavy (non-hydrogen) atoms. The van der Waals surface area contributed by atoms with Crippen LogP contribution in [0.25, 0.3) is 0 Å². The van der Waals surface area contributed by atoms with E-state index in [0.717, 1.165) is 18.4 Å². The van der Waals surface area contributed by atoms with Crippen LogP contribution < -0.4 is 9.46 Å². The van der Waals surface area contributed by atoms with Crippen molar-refractivity contribution in [2.45, 2.75) is 24.7 Å². The van der Waals surface area contributed by atoms with Gasteiger partial charge in [0.05, 0.1) is 7.11 Å². The summed E-state index contributed by atoms with van der Waals surface area (Å²) >= 11 is 0. The molecule has 0 saturated carbocycles. The number of nitrogens with zero attached hydrogens (tertiary/aromatic N) is 1. The first-order chi connectivity index (χ1) is 12.4. The first-order valence-corrected chi connectivity index (χ1v) is 9.96. The number of nitrogens with one attached hydrogen (secondary N) is 1. The molecule has 2 aromatic carbocycles. The van der Waals surface area contributed by atoms with Gasteiger partial charge < -0.3 is 9.64 Å². The van der Waals surface area contributed by atoms with Crippen LogP contribution in [-0.4, -0.2) is 39.4 Å². The largest absolute Gasteiger partial charge is 0.495 e. The number of aryl methyl sites for hydroxylation is 1. The molecule has 1 heterocycles. The van der Waals surface area contributed by atoms with Crippen LogP contribution in [0.4, 0.5) is 5.69 Å². The number of anilines is 1. The molecule has 0 aromatic heterocycles. The smallest absolute Gasteiger partial charge is 0.265 e. The van der Waals surface area contributed by atoms with E-state index in [1.807, 2.05) is 19.1 Å². The molecule has 0 unspecified atom stereocenters. The number of ether oxygens (including phenoxy) is 1. The van der Waals surface area contributed by atoms with Gasteiger partial charge in [-0.1, -0.05) is 17.7 Å². The van der Waals surface area contributed by atoms with E-state index in [4.69, 9.17) is 4.74 Å². The molecule has 2 aromatic rings. The Labute approximate surface area is 153 Å². The van der Waals surface area contributed by atoms with Crippen molar-refractivity contribution < 1.29 is 17.9 Å². The average Bonchev–Trinajstić information content (AvgIpc) is 3.17.